The predicted octanol–water partition coefficient (Wildman–Crippen LogP) is 3.75. The van der Waals surface area contributed by atoms with Crippen LogP contribution < -0.4 is 0 Å². The molecule has 0 saturated carbocycles. The molecule has 0 amide bonds. The lowest BCUT2D eigenvalue weighted by atomic mass is 10.2. The lowest BCUT2D eigenvalue weighted by Crippen LogP contribution is -2.15. The Kier molecular flexibility index (Phi) is 3.98. The van der Waals surface area contributed by atoms with Crippen LogP contribution in [-0.2, 0) is 0 Å². The quantitative estimate of drug-likeness (QED) is 0.845. The highest BCUT2D eigenvalue weighted by atomic mass is 32.2. The van der Waals surface area contributed by atoms with Crippen molar-refractivity contribution in [2.75, 3.05) is 13.1 Å². The van der Waals surface area contributed by atoms with Crippen molar-refractivity contribution in [3.05, 3.63) is 30.0 Å². The first-order valence-electron chi connectivity index (χ1n) is 7.01. The molecule has 2 heterocycles. The molecule has 2 aromatic rings. The number of aromatic amines is 1. The minimum Gasteiger partial charge on any atom is -0.477 e. The summed E-state index contributed by atoms with van der Waals surface area (Å²) in [7, 11) is 0. The van der Waals surface area contributed by atoms with Crippen molar-refractivity contribution in [3.8, 4) is 0 Å². The molecule has 20 heavy (non-hydrogen) atoms. The number of hydrogen-bond acceptors (Lipinski definition) is 3. The molecular weight excluding hydrogens is 272 g/mol. The van der Waals surface area contributed by atoms with Crippen LogP contribution in [-0.4, -0.2) is 33.5 Å². The van der Waals surface area contributed by atoms with E-state index < -0.39 is 5.97 Å². The summed E-state index contributed by atoms with van der Waals surface area (Å²) in [5, 5.41) is 9.96. The van der Waals surface area contributed by atoms with E-state index in [0.29, 0.717) is 0 Å². The van der Waals surface area contributed by atoms with Crippen molar-refractivity contribution in [1.29, 1.82) is 0 Å². The molecule has 0 unspecified atom stereocenters. The van der Waals surface area contributed by atoms with Crippen molar-refractivity contribution in [1.82, 2.24) is 9.29 Å². The van der Waals surface area contributed by atoms with E-state index in [0.717, 1.165) is 24.0 Å². The third kappa shape index (κ3) is 2.99. The average molecular weight is 290 g/mol. The highest BCUT2D eigenvalue weighted by Gasteiger charge is 2.12. The van der Waals surface area contributed by atoms with Gasteiger partial charge in [-0.25, -0.2) is 9.10 Å². The zero-order chi connectivity index (χ0) is 13.9. The molecule has 106 valence electrons. The average Bonchev–Trinajstić information content (AvgIpc) is 2.69. The maximum atomic E-state index is 11.0. The maximum absolute atomic E-state index is 11.0. The van der Waals surface area contributed by atoms with Crippen LogP contribution in [0, 0.1) is 0 Å². The summed E-state index contributed by atoms with van der Waals surface area (Å²) < 4.78 is 2.42. The molecule has 0 atom stereocenters. The molecule has 2 N–H and O–H groups in total. The molecular formula is C15H18N2O2S. The summed E-state index contributed by atoms with van der Waals surface area (Å²) in [6.45, 7) is 2.27. The fraction of sp³-hybridized carbons (Fsp3) is 0.400. The van der Waals surface area contributed by atoms with Gasteiger partial charge in [0.2, 0.25) is 0 Å². The predicted molar refractivity (Wildman–Crippen MR) is 81.2 cm³/mol. The number of aromatic nitrogens is 1. The molecule has 1 saturated heterocycles. The standard InChI is InChI=1S/C15H18N2O2S/c18-15(19)14-10-11-9-12(5-6-13(11)16-14)20-17-7-3-1-2-4-8-17/h5-6,9-10,16H,1-4,7-8H2,(H,18,19). The van der Waals surface area contributed by atoms with Gasteiger partial charge in [-0.15, -0.1) is 0 Å². The molecule has 0 spiro atoms. The van der Waals surface area contributed by atoms with Gasteiger partial charge < -0.3 is 10.1 Å². The van der Waals surface area contributed by atoms with Crippen LogP contribution in [0.15, 0.2) is 29.2 Å². The third-order valence-electron chi connectivity index (χ3n) is 3.62. The van der Waals surface area contributed by atoms with Gasteiger partial charge in [0.15, 0.2) is 0 Å². The van der Waals surface area contributed by atoms with Gasteiger partial charge in [-0.3, -0.25) is 0 Å². The molecule has 1 aromatic heterocycles. The molecule has 0 radical (unpaired) electrons. The van der Waals surface area contributed by atoms with Crippen molar-refractivity contribution in [3.63, 3.8) is 0 Å². The minimum absolute atomic E-state index is 0.247. The lowest BCUT2D eigenvalue weighted by Gasteiger charge is -2.18. The number of hydrogen-bond donors (Lipinski definition) is 2. The number of benzene rings is 1. The molecule has 3 rings (SSSR count). The molecule has 4 nitrogen and oxygen atoms in total. The van der Waals surface area contributed by atoms with Crippen molar-refractivity contribution >= 4 is 28.8 Å². The van der Waals surface area contributed by atoms with Gasteiger partial charge in [-0.1, -0.05) is 12.8 Å². The zero-order valence-electron chi connectivity index (χ0n) is 11.3. The van der Waals surface area contributed by atoms with Crippen LogP contribution >= 0.6 is 11.9 Å². The van der Waals surface area contributed by atoms with Crippen LogP contribution in [0.1, 0.15) is 36.2 Å². The van der Waals surface area contributed by atoms with E-state index in [9.17, 15) is 4.79 Å². The molecule has 0 aliphatic carbocycles. The smallest absolute Gasteiger partial charge is 0.352 e. The number of rotatable bonds is 3. The summed E-state index contributed by atoms with van der Waals surface area (Å²) in [4.78, 5) is 15.1. The van der Waals surface area contributed by atoms with E-state index in [1.165, 1.54) is 30.6 Å². The molecule has 1 fully saturated rings. The van der Waals surface area contributed by atoms with E-state index in [-0.39, 0.29) is 5.69 Å². The second-order valence-corrected chi connectivity index (χ2v) is 6.34. The van der Waals surface area contributed by atoms with Crippen LogP contribution in [0.2, 0.25) is 0 Å². The second kappa shape index (κ2) is 5.89. The topological polar surface area (TPSA) is 56.3 Å². The number of carbonyl (C=O) groups is 1. The van der Waals surface area contributed by atoms with Crippen LogP contribution in [0.3, 0.4) is 0 Å². The third-order valence-corrected chi connectivity index (χ3v) is 4.71. The Balaban J connectivity index is 1.79. The van der Waals surface area contributed by atoms with E-state index in [4.69, 9.17) is 5.11 Å². The van der Waals surface area contributed by atoms with Gasteiger partial charge in [0.05, 0.1) is 0 Å². The Labute approximate surface area is 122 Å². The second-order valence-electron chi connectivity index (χ2n) is 5.17. The van der Waals surface area contributed by atoms with Gasteiger partial charge in [-0.2, -0.15) is 0 Å². The van der Waals surface area contributed by atoms with Gasteiger partial charge in [0, 0.05) is 28.9 Å². The first kappa shape index (κ1) is 13.5. The van der Waals surface area contributed by atoms with Gasteiger partial charge in [-0.05, 0) is 49.1 Å². The van der Waals surface area contributed by atoms with Crippen molar-refractivity contribution in [2.45, 2.75) is 30.6 Å². The SMILES string of the molecule is O=C(O)c1cc2cc(SN3CCCCCC3)ccc2[nH]1. The largest absolute Gasteiger partial charge is 0.477 e. The Bertz CT molecular complexity index is 615. The number of nitrogens with zero attached hydrogens (tertiary/aromatic N) is 1. The minimum atomic E-state index is -0.914. The Hall–Kier alpha value is -1.46. The summed E-state index contributed by atoms with van der Waals surface area (Å²) in [5.74, 6) is -0.914. The van der Waals surface area contributed by atoms with E-state index in [1.54, 1.807) is 18.0 Å². The van der Waals surface area contributed by atoms with Crippen molar-refractivity contribution in [2.24, 2.45) is 0 Å². The first-order chi connectivity index (χ1) is 9.72. The number of nitrogens with one attached hydrogen (secondary N) is 1. The number of aromatic carboxylic acids is 1. The summed E-state index contributed by atoms with van der Waals surface area (Å²) in [6.07, 6.45) is 5.19. The Morgan fingerprint density at radius 1 is 1.15 bits per heavy atom. The Morgan fingerprint density at radius 3 is 2.60 bits per heavy atom. The number of carboxylic acid groups (broad SMARTS) is 1. The molecule has 1 aliphatic heterocycles. The molecule has 1 aliphatic rings. The van der Waals surface area contributed by atoms with Crippen LogP contribution in [0.5, 0.6) is 0 Å². The molecule has 1 aromatic carbocycles. The zero-order valence-corrected chi connectivity index (χ0v) is 12.1. The summed E-state index contributed by atoms with van der Waals surface area (Å²) in [5.41, 5.74) is 1.12. The van der Waals surface area contributed by atoms with E-state index in [2.05, 4.69) is 21.4 Å². The summed E-state index contributed by atoms with van der Waals surface area (Å²) >= 11 is 1.78. The van der Waals surface area contributed by atoms with Crippen LogP contribution in [0.4, 0.5) is 0 Å². The molecule has 5 heteroatoms. The Morgan fingerprint density at radius 2 is 1.90 bits per heavy atom. The first-order valence-corrected chi connectivity index (χ1v) is 7.79. The highest BCUT2D eigenvalue weighted by molar-refractivity contribution is 7.97. The number of fused-ring (bicyclic) bond motifs is 1. The highest BCUT2D eigenvalue weighted by Crippen LogP contribution is 2.28. The fourth-order valence-corrected chi connectivity index (χ4v) is 3.61. The van der Waals surface area contributed by atoms with Gasteiger partial charge in [0.25, 0.3) is 0 Å². The number of carboxylic acids is 1. The summed E-state index contributed by atoms with van der Waals surface area (Å²) in [6, 6.07) is 7.78. The normalized spacial score (nSPS) is 17.2. The lowest BCUT2D eigenvalue weighted by molar-refractivity contribution is 0.0691. The number of H-pyrrole nitrogens is 1. The maximum Gasteiger partial charge on any atom is 0.352 e. The fourth-order valence-electron chi connectivity index (χ4n) is 2.56. The van der Waals surface area contributed by atoms with Crippen LogP contribution in [0.25, 0.3) is 10.9 Å². The van der Waals surface area contributed by atoms with Gasteiger partial charge in [0.1, 0.15) is 5.69 Å². The van der Waals surface area contributed by atoms with Crippen molar-refractivity contribution < 1.29 is 9.90 Å². The van der Waals surface area contributed by atoms with E-state index in [1.807, 2.05) is 6.07 Å². The molecule has 0 bridgehead atoms. The van der Waals surface area contributed by atoms with E-state index >= 15 is 0 Å². The monoisotopic (exact) mass is 290 g/mol. The van der Waals surface area contributed by atoms with Gasteiger partial charge >= 0.3 is 5.97 Å².